The molecule has 22 heavy (non-hydrogen) atoms. The van der Waals surface area contributed by atoms with Crippen LogP contribution in [0.25, 0.3) is 0 Å². The average Bonchev–Trinajstić information content (AvgIpc) is 3.13. The van der Waals surface area contributed by atoms with Crippen LogP contribution in [0.2, 0.25) is 0 Å². The molecule has 2 aromatic rings. The second kappa shape index (κ2) is 6.14. The van der Waals surface area contributed by atoms with Crippen molar-refractivity contribution in [3.05, 3.63) is 57.8 Å². The first-order valence-corrected chi connectivity index (χ1v) is 7.99. The van der Waals surface area contributed by atoms with Gasteiger partial charge in [-0.05, 0) is 42.6 Å². The molecule has 2 atom stereocenters. The second-order valence-electron chi connectivity index (χ2n) is 5.48. The third kappa shape index (κ3) is 2.89. The maximum atomic E-state index is 13.5. The minimum atomic E-state index is -0.860. The van der Waals surface area contributed by atoms with Gasteiger partial charge >= 0.3 is 0 Å². The normalized spacial score (nSPS) is 22.0. The van der Waals surface area contributed by atoms with Crippen LogP contribution in [0.3, 0.4) is 0 Å². The molecule has 1 aromatic heterocycles. The number of likely N-dealkylation sites (tertiary alicyclic amines) is 1. The van der Waals surface area contributed by atoms with Gasteiger partial charge in [0, 0.05) is 17.5 Å². The monoisotopic (exact) mass is 322 g/mol. The lowest BCUT2D eigenvalue weighted by Crippen LogP contribution is -2.38. The Labute approximate surface area is 131 Å². The number of halogens is 2. The minimum Gasteiger partial charge on any atom is -0.347 e. The van der Waals surface area contributed by atoms with Crippen molar-refractivity contribution in [2.45, 2.75) is 18.5 Å². The van der Waals surface area contributed by atoms with E-state index in [1.54, 1.807) is 17.5 Å². The maximum Gasteiger partial charge on any atom is 0.252 e. The molecule has 0 radical (unpaired) electrons. The molecule has 0 bridgehead atoms. The van der Waals surface area contributed by atoms with E-state index in [-0.39, 0.29) is 18.0 Å². The van der Waals surface area contributed by atoms with E-state index in [9.17, 15) is 13.6 Å². The van der Waals surface area contributed by atoms with Gasteiger partial charge in [0.05, 0.1) is 12.1 Å². The number of thiophene rings is 1. The predicted octanol–water partition coefficient (Wildman–Crippen LogP) is 3.20. The van der Waals surface area contributed by atoms with Gasteiger partial charge in [-0.25, -0.2) is 8.78 Å². The SMILES string of the molecule is CN1CC[C@@H](NC(=O)c2ccsc2)[C@H]1c1ccc(F)c(F)c1. The molecule has 2 heterocycles. The zero-order valence-electron chi connectivity index (χ0n) is 12.1. The fourth-order valence-corrected chi connectivity index (χ4v) is 3.56. The zero-order chi connectivity index (χ0) is 15.7. The molecule has 6 heteroatoms. The highest BCUT2D eigenvalue weighted by Gasteiger charge is 2.34. The summed E-state index contributed by atoms with van der Waals surface area (Å²) in [7, 11) is 1.92. The Morgan fingerprint density at radius 2 is 2.14 bits per heavy atom. The van der Waals surface area contributed by atoms with Crippen LogP contribution in [-0.2, 0) is 0 Å². The molecular weight excluding hydrogens is 306 g/mol. The number of nitrogens with zero attached hydrogens (tertiary/aromatic N) is 1. The van der Waals surface area contributed by atoms with Crippen LogP contribution in [0.4, 0.5) is 8.78 Å². The van der Waals surface area contributed by atoms with Crippen molar-refractivity contribution in [1.29, 1.82) is 0 Å². The highest BCUT2D eigenvalue weighted by Crippen LogP contribution is 2.32. The number of carbonyl (C=O) groups is 1. The van der Waals surface area contributed by atoms with Gasteiger partial charge < -0.3 is 5.32 Å². The number of hydrogen-bond acceptors (Lipinski definition) is 3. The number of hydrogen-bond donors (Lipinski definition) is 1. The summed E-state index contributed by atoms with van der Waals surface area (Å²) in [6, 6.07) is 5.42. The van der Waals surface area contributed by atoms with Crippen molar-refractivity contribution in [2.75, 3.05) is 13.6 Å². The van der Waals surface area contributed by atoms with Crippen LogP contribution < -0.4 is 5.32 Å². The Morgan fingerprint density at radius 1 is 1.32 bits per heavy atom. The van der Waals surface area contributed by atoms with Gasteiger partial charge in [0.15, 0.2) is 11.6 Å². The standard InChI is InChI=1S/C16H16F2N2OS/c1-20-6-4-14(19-16(21)11-5-7-22-9-11)15(20)10-2-3-12(17)13(18)8-10/h2-3,5,7-9,14-15H,4,6H2,1H3,(H,19,21)/t14-,15-/m1/s1. The quantitative estimate of drug-likeness (QED) is 0.941. The van der Waals surface area contributed by atoms with E-state index in [1.807, 2.05) is 17.3 Å². The number of carbonyl (C=O) groups excluding carboxylic acids is 1. The lowest BCUT2D eigenvalue weighted by atomic mass is 9.99. The second-order valence-corrected chi connectivity index (χ2v) is 6.26. The number of nitrogens with one attached hydrogen (secondary N) is 1. The molecule has 1 N–H and O–H groups in total. The van der Waals surface area contributed by atoms with Crippen LogP contribution in [0.15, 0.2) is 35.0 Å². The smallest absolute Gasteiger partial charge is 0.252 e. The summed E-state index contributed by atoms with van der Waals surface area (Å²) in [5.41, 5.74) is 1.30. The molecule has 0 saturated carbocycles. The number of benzene rings is 1. The molecule has 1 saturated heterocycles. The number of likely N-dealkylation sites (N-methyl/N-ethyl adjacent to an activating group) is 1. The molecule has 3 nitrogen and oxygen atoms in total. The zero-order valence-corrected chi connectivity index (χ0v) is 12.9. The fraction of sp³-hybridized carbons (Fsp3) is 0.312. The molecule has 1 aliphatic heterocycles. The lowest BCUT2D eigenvalue weighted by Gasteiger charge is -2.26. The van der Waals surface area contributed by atoms with Crippen molar-refractivity contribution in [2.24, 2.45) is 0 Å². The fourth-order valence-electron chi connectivity index (χ4n) is 2.93. The summed E-state index contributed by atoms with van der Waals surface area (Å²) >= 11 is 1.46. The Kier molecular flexibility index (Phi) is 4.22. The highest BCUT2D eigenvalue weighted by atomic mass is 32.1. The first-order chi connectivity index (χ1) is 10.6. The van der Waals surface area contributed by atoms with E-state index in [0.29, 0.717) is 11.1 Å². The first-order valence-electron chi connectivity index (χ1n) is 7.04. The molecule has 116 valence electrons. The van der Waals surface area contributed by atoms with E-state index in [2.05, 4.69) is 5.32 Å². The van der Waals surface area contributed by atoms with Crippen molar-refractivity contribution in [3.63, 3.8) is 0 Å². The summed E-state index contributed by atoms with van der Waals surface area (Å²) < 4.78 is 26.6. The number of rotatable bonds is 3. The summed E-state index contributed by atoms with van der Waals surface area (Å²) in [5.74, 6) is -1.85. The lowest BCUT2D eigenvalue weighted by molar-refractivity contribution is 0.0928. The van der Waals surface area contributed by atoms with E-state index < -0.39 is 11.6 Å². The first kappa shape index (κ1) is 15.1. The predicted molar refractivity (Wildman–Crippen MR) is 81.9 cm³/mol. The molecule has 1 aliphatic rings. The molecule has 0 unspecified atom stereocenters. The molecule has 0 aliphatic carbocycles. The van der Waals surface area contributed by atoms with Gasteiger partial charge in [0.2, 0.25) is 0 Å². The van der Waals surface area contributed by atoms with Crippen LogP contribution >= 0.6 is 11.3 Å². The van der Waals surface area contributed by atoms with Gasteiger partial charge in [-0.1, -0.05) is 6.07 Å². The molecule has 1 fully saturated rings. The van der Waals surface area contributed by atoms with E-state index in [4.69, 9.17) is 0 Å². The molecule has 0 spiro atoms. The van der Waals surface area contributed by atoms with Gasteiger partial charge in [0.25, 0.3) is 5.91 Å². The minimum absolute atomic E-state index is 0.123. The molecule has 3 rings (SSSR count). The highest BCUT2D eigenvalue weighted by molar-refractivity contribution is 7.08. The van der Waals surface area contributed by atoms with Crippen molar-refractivity contribution in [1.82, 2.24) is 10.2 Å². The van der Waals surface area contributed by atoms with Crippen LogP contribution in [0, 0.1) is 11.6 Å². The molecular formula is C16H16F2N2OS. The Balaban J connectivity index is 1.81. The number of amides is 1. The van der Waals surface area contributed by atoms with Crippen molar-refractivity contribution >= 4 is 17.2 Å². The maximum absolute atomic E-state index is 13.5. The van der Waals surface area contributed by atoms with Gasteiger partial charge in [-0.2, -0.15) is 11.3 Å². The van der Waals surface area contributed by atoms with Crippen molar-refractivity contribution in [3.8, 4) is 0 Å². The topological polar surface area (TPSA) is 32.3 Å². The molecule has 1 aromatic carbocycles. The van der Waals surface area contributed by atoms with Gasteiger partial charge in [-0.3, -0.25) is 9.69 Å². The summed E-state index contributed by atoms with van der Waals surface area (Å²) in [5, 5.41) is 6.65. The average molecular weight is 322 g/mol. The Hall–Kier alpha value is -1.79. The van der Waals surface area contributed by atoms with E-state index >= 15 is 0 Å². The summed E-state index contributed by atoms with van der Waals surface area (Å²) in [4.78, 5) is 14.3. The Morgan fingerprint density at radius 3 is 2.82 bits per heavy atom. The third-order valence-corrected chi connectivity index (χ3v) is 4.72. The molecule has 1 amide bonds. The summed E-state index contributed by atoms with van der Waals surface area (Å²) in [6.07, 6.45) is 0.774. The Bertz CT molecular complexity index is 675. The third-order valence-electron chi connectivity index (χ3n) is 4.03. The van der Waals surface area contributed by atoms with Gasteiger partial charge in [0.1, 0.15) is 0 Å². The van der Waals surface area contributed by atoms with E-state index in [0.717, 1.165) is 19.0 Å². The summed E-state index contributed by atoms with van der Waals surface area (Å²) in [6.45, 7) is 0.790. The van der Waals surface area contributed by atoms with E-state index in [1.165, 1.54) is 17.4 Å². The van der Waals surface area contributed by atoms with Crippen molar-refractivity contribution < 1.29 is 13.6 Å². The largest absolute Gasteiger partial charge is 0.347 e. The van der Waals surface area contributed by atoms with Crippen LogP contribution in [0.1, 0.15) is 28.4 Å². The van der Waals surface area contributed by atoms with Crippen LogP contribution in [-0.4, -0.2) is 30.4 Å². The van der Waals surface area contributed by atoms with Gasteiger partial charge in [-0.15, -0.1) is 0 Å². The van der Waals surface area contributed by atoms with Crippen LogP contribution in [0.5, 0.6) is 0 Å².